The van der Waals surface area contributed by atoms with Crippen molar-refractivity contribution in [2.75, 3.05) is 12.8 Å². The number of benzene rings is 2. The quantitative estimate of drug-likeness (QED) is 0.624. The second kappa shape index (κ2) is 7.13. The Morgan fingerprint density at radius 3 is 2.05 bits per heavy atom. The van der Waals surface area contributed by atoms with Gasteiger partial charge >= 0.3 is 7.60 Å². The summed E-state index contributed by atoms with van der Waals surface area (Å²) in [6.45, 7) is 0.382. The highest BCUT2D eigenvalue weighted by molar-refractivity contribution is 7.53. The maximum Gasteiger partial charge on any atom is 0.376 e. The molecular weight excluding hydrogens is 275 g/mol. The third-order valence-electron chi connectivity index (χ3n) is 2.59. The number of rotatable bonds is 7. The first kappa shape index (κ1) is 14.6. The van der Waals surface area contributed by atoms with Crippen LogP contribution in [0.4, 0.5) is 0 Å². The van der Waals surface area contributed by atoms with Crippen LogP contribution in [0.25, 0.3) is 0 Å². The molecule has 1 N–H and O–H groups in total. The maximum atomic E-state index is 11.9. The lowest BCUT2D eigenvalue weighted by Gasteiger charge is -2.13. The summed E-state index contributed by atoms with van der Waals surface area (Å²) in [5.74, 6) is 1.16. The normalized spacial score (nSPS) is 13.4. The topological polar surface area (TPSA) is 55.8 Å². The van der Waals surface area contributed by atoms with Gasteiger partial charge in [-0.25, -0.2) is 4.57 Å². The third-order valence-corrected chi connectivity index (χ3v) is 3.97. The van der Waals surface area contributed by atoms with Gasteiger partial charge < -0.3 is 14.2 Å². The average molecular weight is 292 g/mol. The average Bonchev–Trinajstić information content (AvgIpc) is 2.45. The van der Waals surface area contributed by atoms with Crippen molar-refractivity contribution in [3.63, 3.8) is 0 Å². The van der Waals surface area contributed by atoms with Crippen molar-refractivity contribution in [3.8, 4) is 11.5 Å². The zero-order valence-corrected chi connectivity index (χ0v) is 11.9. The summed E-state index contributed by atoms with van der Waals surface area (Å²) >= 11 is 0. The van der Waals surface area contributed by atoms with Gasteiger partial charge in [-0.2, -0.15) is 0 Å². The first-order valence-electron chi connectivity index (χ1n) is 6.40. The van der Waals surface area contributed by atoms with Crippen LogP contribution in [0.5, 0.6) is 11.5 Å². The van der Waals surface area contributed by atoms with Gasteiger partial charge in [0.05, 0.1) is 12.8 Å². The molecule has 0 aromatic heterocycles. The molecule has 0 heterocycles. The van der Waals surface area contributed by atoms with Crippen LogP contribution in [0.3, 0.4) is 0 Å². The minimum Gasteiger partial charge on any atom is -0.494 e. The van der Waals surface area contributed by atoms with Crippen molar-refractivity contribution in [1.82, 2.24) is 0 Å². The Morgan fingerprint density at radius 2 is 1.45 bits per heavy atom. The van der Waals surface area contributed by atoms with E-state index in [1.807, 2.05) is 36.4 Å². The molecule has 0 amide bonds. The SMILES string of the molecule is O=P(O)(CCCOc1ccccc1)Oc1ccccc1. The Bertz CT molecular complexity index is 557. The number of para-hydroxylation sites is 2. The van der Waals surface area contributed by atoms with E-state index < -0.39 is 7.60 Å². The highest BCUT2D eigenvalue weighted by Crippen LogP contribution is 2.42. The molecule has 0 saturated heterocycles. The van der Waals surface area contributed by atoms with Gasteiger partial charge in [0.15, 0.2) is 0 Å². The largest absolute Gasteiger partial charge is 0.494 e. The van der Waals surface area contributed by atoms with E-state index in [2.05, 4.69) is 0 Å². The summed E-state index contributed by atoms with van der Waals surface area (Å²) in [5.41, 5.74) is 0. The summed E-state index contributed by atoms with van der Waals surface area (Å²) in [6, 6.07) is 18.0. The van der Waals surface area contributed by atoms with Crippen LogP contribution in [-0.2, 0) is 4.57 Å². The molecule has 0 aliphatic carbocycles. The highest BCUT2D eigenvalue weighted by Gasteiger charge is 2.20. The molecule has 2 rings (SSSR count). The lowest BCUT2D eigenvalue weighted by atomic mass is 10.3. The van der Waals surface area contributed by atoms with Crippen LogP contribution < -0.4 is 9.26 Å². The smallest absolute Gasteiger partial charge is 0.376 e. The molecule has 106 valence electrons. The van der Waals surface area contributed by atoms with Gasteiger partial charge in [0.25, 0.3) is 0 Å². The minimum atomic E-state index is -3.62. The maximum absolute atomic E-state index is 11.9. The molecule has 0 bridgehead atoms. The van der Waals surface area contributed by atoms with Gasteiger partial charge in [-0.3, -0.25) is 0 Å². The molecule has 0 saturated carbocycles. The van der Waals surface area contributed by atoms with Crippen molar-refractivity contribution in [2.45, 2.75) is 6.42 Å². The summed E-state index contributed by atoms with van der Waals surface area (Å²) in [7, 11) is -3.62. The zero-order chi connectivity index (χ0) is 14.3. The van der Waals surface area contributed by atoms with Crippen molar-refractivity contribution >= 4 is 7.60 Å². The minimum absolute atomic E-state index is 0.0642. The van der Waals surface area contributed by atoms with Gasteiger partial charge in [-0.1, -0.05) is 36.4 Å². The molecule has 0 aliphatic rings. The number of hydrogen-bond acceptors (Lipinski definition) is 3. The molecular formula is C15H17O4P. The predicted octanol–water partition coefficient (Wildman–Crippen LogP) is 3.72. The van der Waals surface area contributed by atoms with Crippen LogP contribution in [0, 0.1) is 0 Å². The van der Waals surface area contributed by atoms with Crippen LogP contribution in [0.1, 0.15) is 6.42 Å². The molecule has 5 heteroatoms. The van der Waals surface area contributed by atoms with Crippen molar-refractivity contribution in [2.24, 2.45) is 0 Å². The highest BCUT2D eigenvalue weighted by atomic mass is 31.2. The van der Waals surface area contributed by atoms with Crippen molar-refractivity contribution < 1.29 is 18.7 Å². The molecule has 0 fully saturated rings. The molecule has 0 radical (unpaired) electrons. The fraction of sp³-hybridized carbons (Fsp3) is 0.200. The lowest BCUT2D eigenvalue weighted by Crippen LogP contribution is -2.03. The van der Waals surface area contributed by atoms with Gasteiger partial charge in [0, 0.05) is 0 Å². The Kier molecular flexibility index (Phi) is 5.22. The van der Waals surface area contributed by atoms with E-state index in [0.717, 1.165) is 5.75 Å². The van der Waals surface area contributed by atoms with E-state index in [9.17, 15) is 9.46 Å². The number of hydrogen-bond donors (Lipinski definition) is 1. The Hall–Kier alpha value is -1.77. The monoisotopic (exact) mass is 292 g/mol. The molecule has 20 heavy (non-hydrogen) atoms. The van der Waals surface area contributed by atoms with E-state index in [1.165, 1.54) is 0 Å². The fourth-order valence-corrected chi connectivity index (χ4v) is 2.73. The van der Waals surface area contributed by atoms with Gasteiger partial charge in [0.1, 0.15) is 11.5 Å². The van der Waals surface area contributed by atoms with E-state index in [1.54, 1.807) is 24.3 Å². The summed E-state index contributed by atoms with van der Waals surface area (Å²) in [4.78, 5) is 9.74. The van der Waals surface area contributed by atoms with Crippen molar-refractivity contribution in [3.05, 3.63) is 60.7 Å². The fourth-order valence-electron chi connectivity index (χ4n) is 1.66. The number of ether oxygens (including phenoxy) is 1. The van der Waals surface area contributed by atoms with Crippen LogP contribution in [0.2, 0.25) is 0 Å². The molecule has 0 spiro atoms. The van der Waals surface area contributed by atoms with Crippen molar-refractivity contribution in [1.29, 1.82) is 0 Å². The Labute approximate surface area is 118 Å². The van der Waals surface area contributed by atoms with E-state index in [-0.39, 0.29) is 6.16 Å². The van der Waals surface area contributed by atoms with Gasteiger partial charge in [0.2, 0.25) is 0 Å². The van der Waals surface area contributed by atoms with E-state index in [4.69, 9.17) is 9.26 Å². The molecule has 0 aliphatic heterocycles. The van der Waals surface area contributed by atoms with Crippen LogP contribution >= 0.6 is 7.60 Å². The molecule has 1 unspecified atom stereocenters. The van der Waals surface area contributed by atoms with Crippen LogP contribution in [-0.4, -0.2) is 17.7 Å². The second-order valence-corrected chi connectivity index (χ2v) is 6.19. The van der Waals surface area contributed by atoms with Crippen LogP contribution in [0.15, 0.2) is 60.7 Å². The first-order valence-corrected chi connectivity index (χ1v) is 8.16. The summed E-state index contributed by atoms with van der Waals surface area (Å²) < 4.78 is 22.4. The van der Waals surface area contributed by atoms with E-state index >= 15 is 0 Å². The standard InChI is InChI=1S/C15H17O4P/c16-20(17,19-15-10-5-2-6-11-15)13-7-12-18-14-8-3-1-4-9-14/h1-6,8-11H,7,12-13H2,(H,16,17). The lowest BCUT2D eigenvalue weighted by molar-refractivity contribution is 0.310. The zero-order valence-electron chi connectivity index (χ0n) is 11.0. The van der Waals surface area contributed by atoms with E-state index in [0.29, 0.717) is 18.8 Å². The third kappa shape index (κ3) is 5.08. The van der Waals surface area contributed by atoms with Gasteiger partial charge in [-0.15, -0.1) is 0 Å². The summed E-state index contributed by atoms with van der Waals surface area (Å²) in [6.07, 6.45) is 0.518. The molecule has 1 atom stereocenters. The second-order valence-electron chi connectivity index (χ2n) is 4.28. The molecule has 2 aromatic carbocycles. The molecule has 2 aromatic rings. The predicted molar refractivity (Wildman–Crippen MR) is 78.3 cm³/mol. The first-order chi connectivity index (χ1) is 9.66. The van der Waals surface area contributed by atoms with Gasteiger partial charge in [-0.05, 0) is 30.7 Å². The Balaban J connectivity index is 1.74. The summed E-state index contributed by atoms with van der Waals surface area (Å²) in [5, 5.41) is 0. The Morgan fingerprint density at radius 1 is 0.900 bits per heavy atom. The molecule has 4 nitrogen and oxygen atoms in total.